The topological polar surface area (TPSA) is 96.0 Å². The van der Waals surface area contributed by atoms with Crippen LogP contribution in [0.5, 0.6) is 5.75 Å². The Morgan fingerprint density at radius 2 is 1.62 bits per heavy atom. The molecule has 1 atom stereocenters. The van der Waals surface area contributed by atoms with Crippen LogP contribution in [0.25, 0.3) is 0 Å². The molecular weight excluding hydrogens is 514 g/mol. The Bertz CT molecular complexity index is 1360. The van der Waals surface area contributed by atoms with Gasteiger partial charge in [-0.2, -0.15) is 0 Å². The quantitative estimate of drug-likeness (QED) is 0.357. The Labute approximate surface area is 231 Å². The SMILES string of the molecule is CC[C@H](C(=O)NC(C)C)N(Cc1ccc(C)cc1)C(=O)CN(c1cccc(OC)c1)S(=O)(=O)c1ccccc1. The molecule has 1 N–H and O–H groups in total. The van der Waals surface area contributed by atoms with Crippen molar-refractivity contribution in [2.45, 2.75) is 57.6 Å². The number of aryl methyl sites for hydroxylation is 1. The molecule has 8 nitrogen and oxygen atoms in total. The molecule has 2 amide bonds. The summed E-state index contributed by atoms with van der Waals surface area (Å²) in [5.74, 6) is -0.331. The minimum Gasteiger partial charge on any atom is -0.497 e. The van der Waals surface area contributed by atoms with E-state index in [1.165, 1.54) is 24.1 Å². The number of hydrogen-bond acceptors (Lipinski definition) is 5. The van der Waals surface area contributed by atoms with Crippen molar-refractivity contribution in [2.24, 2.45) is 0 Å². The van der Waals surface area contributed by atoms with Gasteiger partial charge in [-0.25, -0.2) is 8.42 Å². The molecule has 0 fully saturated rings. The summed E-state index contributed by atoms with van der Waals surface area (Å²) in [5, 5.41) is 2.90. The number of carbonyl (C=O) groups is 2. The van der Waals surface area contributed by atoms with E-state index in [0.717, 1.165) is 15.4 Å². The van der Waals surface area contributed by atoms with E-state index in [1.54, 1.807) is 42.5 Å². The number of nitrogens with zero attached hydrogens (tertiary/aromatic N) is 2. The number of benzene rings is 3. The molecule has 0 aliphatic rings. The van der Waals surface area contributed by atoms with Crippen molar-refractivity contribution in [2.75, 3.05) is 18.0 Å². The van der Waals surface area contributed by atoms with Gasteiger partial charge in [0.2, 0.25) is 11.8 Å². The molecule has 0 saturated heterocycles. The van der Waals surface area contributed by atoms with Crippen molar-refractivity contribution in [3.8, 4) is 5.75 Å². The second-order valence-electron chi connectivity index (χ2n) is 9.62. The summed E-state index contributed by atoms with van der Waals surface area (Å²) in [6.07, 6.45) is 0.362. The summed E-state index contributed by atoms with van der Waals surface area (Å²) in [6, 6.07) is 21.3. The Morgan fingerprint density at radius 1 is 0.949 bits per heavy atom. The number of carbonyl (C=O) groups excluding carboxylic acids is 2. The van der Waals surface area contributed by atoms with Gasteiger partial charge in [-0.05, 0) is 57.0 Å². The molecule has 39 heavy (non-hydrogen) atoms. The van der Waals surface area contributed by atoms with Crippen molar-refractivity contribution in [3.63, 3.8) is 0 Å². The van der Waals surface area contributed by atoms with E-state index in [-0.39, 0.29) is 29.1 Å². The Kier molecular flexibility index (Phi) is 10.1. The van der Waals surface area contributed by atoms with E-state index in [2.05, 4.69) is 5.32 Å². The van der Waals surface area contributed by atoms with Gasteiger partial charge in [0.1, 0.15) is 18.3 Å². The minimum atomic E-state index is -4.13. The van der Waals surface area contributed by atoms with E-state index in [9.17, 15) is 18.0 Å². The predicted octanol–water partition coefficient (Wildman–Crippen LogP) is 4.53. The van der Waals surface area contributed by atoms with Crippen LogP contribution in [-0.4, -0.2) is 50.9 Å². The molecule has 0 radical (unpaired) electrons. The second-order valence-corrected chi connectivity index (χ2v) is 11.5. The zero-order chi connectivity index (χ0) is 28.6. The molecule has 0 saturated carbocycles. The van der Waals surface area contributed by atoms with Crippen LogP contribution >= 0.6 is 0 Å². The van der Waals surface area contributed by atoms with Crippen LogP contribution in [0.1, 0.15) is 38.3 Å². The van der Waals surface area contributed by atoms with Gasteiger partial charge in [0.05, 0.1) is 17.7 Å². The lowest BCUT2D eigenvalue weighted by Crippen LogP contribution is -2.53. The van der Waals surface area contributed by atoms with Crippen molar-refractivity contribution in [1.29, 1.82) is 0 Å². The van der Waals surface area contributed by atoms with Crippen LogP contribution < -0.4 is 14.4 Å². The average molecular weight is 552 g/mol. The number of hydrogen-bond donors (Lipinski definition) is 1. The molecule has 3 aromatic carbocycles. The van der Waals surface area contributed by atoms with E-state index in [0.29, 0.717) is 12.2 Å². The third kappa shape index (κ3) is 7.60. The first-order valence-corrected chi connectivity index (χ1v) is 14.4. The molecule has 3 rings (SSSR count). The van der Waals surface area contributed by atoms with Crippen molar-refractivity contribution in [3.05, 3.63) is 90.0 Å². The third-order valence-electron chi connectivity index (χ3n) is 6.24. The molecule has 9 heteroatoms. The number of sulfonamides is 1. The molecule has 0 bridgehead atoms. The normalized spacial score (nSPS) is 12.1. The van der Waals surface area contributed by atoms with Crippen LogP contribution in [-0.2, 0) is 26.2 Å². The standard InChI is InChI=1S/C30H37N3O5S/c1-6-28(30(35)31-22(2)3)32(20-24-17-15-23(4)16-18-24)29(34)21-33(25-11-10-12-26(19-25)38-5)39(36,37)27-13-8-7-9-14-27/h7-19,22,28H,6,20-21H2,1-5H3,(H,31,35)/t28-/m1/s1. The fraction of sp³-hybridized carbons (Fsp3) is 0.333. The van der Waals surface area contributed by atoms with Crippen LogP contribution in [0, 0.1) is 6.92 Å². The van der Waals surface area contributed by atoms with Crippen molar-refractivity contribution < 1.29 is 22.7 Å². The average Bonchev–Trinajstić information content (AvgIpc) is 2.92. The first kappa shape index (κ1) is 29.7. The highest BCUT2D eigenvalue weighted by molar-refractivity contribution is 7.92. The highest BCUT2D eigenvalue weighted by Gasteiger charge is 2.34. The molecule has 0 aromatic heterocycles. The van der Waals surface area contributed by atoms with Crippen LogP contribution in [0.15, 0.2) is 83.8 Å². The first-order chi connectivity index (χ1) is 18.6. The molecule has 208 valence electrons. The lowest BCUT2D eigenvalue weighted by atomic mass is 10.1. The number of anilines is 1. The Morgan fingerprint density at radius 3 is 2.21 bits per heavy atom. The molecule has 0 unspecified atom stereocenters. The molecule has 0 aliphatic carbocycles. The maximum Gasteiger partial charge on any atom is 0.264 e. The number of ether oxygens (including phenoxy) is 1. The maximum absolute atomic E-state index is 14.0. The zero-order valence-corrected chi connectivity index (χ0v) is 23.9. The largest absolute Gasteiger partial charge is 0.497 e. The molecule has 0 heterocycles. The summed E-state index contributed by atoms with van der Waals surface area (Å²) < 4.78 is 34.1. The minimum absolute atomic E-state index is 0.0512. The van der Waals surface area contributed by atoms with Gasteiger partial charge in [-0.1, -0.05) is 61.0 Å². The summed E-state index contributed by atoms with van der Waals surface area (Å²) in [7, 11) is -2.64. The fourth-order valence-electron chi connectivity index (χ4n) is 4.20. The molecule has 3 aromatic rings. The van der Waals surface area contributed by atoms with E-state index in [1.807, 2.05) is 52.0 Å². The smallest absolute Gasteiger partial charge is 0.264 e. The van der Waals surface area contributed by atoms with Gasteiger partial charge >= 0.3 is 0 Å². The van der Waals surface area contributed by atoms with Crippen LogP contribution in [0.4, 0.5) is 5.69 Å². The molecular formula is C30H37N3O5S. The fourth-order valence-corrected chi connectivity index (χ4v) is 5.63. The van der Waals surface area contributed by atoms with Gasteiger partial charge in [-0.3, -0.25) is 13.9 Å². The Hall–Kier alpha value is -3.85. The van der Waals surface area contributed by atoms with Gasteiger partial charge in [0.25, 0.3) is 10.0 Å². The van der Waals surface area contributed by atoms with E-state index in [4.69, 9.17) is 4.74 Å². The van der Waals surface area contributed by atoms with Crippen LogP contribution in [0.2, 0.25) is 0 Å². The third-order valence-corrected chi connectivity index (χ3v) is 8.03. The van der Waals surface area contributed by atoms with Crippen molar-refractivity contribution in [1.82, 2.24) is 10.2 Å². The zero-order valence-electron chi connectivity index (χ0n) is 23.1. The van der Waals surface area contributed by atoms with Gasteiger partial charge in [0, 0.05) is 18.7 Å². The maximum atomic E-state index is 14.0. The first-order valence-electron chi connectivity index (χ1n) is 12.9. The highest BCUT2D eigenvalue weighted by atomic mass is 32.2. The monoisotopic (exact) mass is 551 g/mol. The summed E-state index contributed by atoms with van der Waals surface area (Å²) in [5.41, 5.74) is 2.18. The number of rotatable bonds is 12. The predicted molar refractivity (Wildman–Crippen MR) is 153 cm³/mol. The van der Waals surface area contributed by atoms with Crippen molar-refractivity contribution >= 4 is 27.5 Å². The van der Waals surface area contributed by atoms with E-state index >= 15 is 0 Å². The second kappa shape index (κ2) is 13.3. The number of nitrogens with one attached hydrogen (secondary N) is 1. The summed E-state index contributed by atoms with van der Waals surface area (Å²) in [6.45, 7) is 7.17. The highest BCUT2D eigenvalue weighted by Crippen LogP contribution is 2.27. The van der Waals surface area contributed by atoms with E-state index < -0.39 is 28.5 Å². The van der Waals surface area contributed by atoms with Gasteiger partial charge in [0.15, 0.2) is 0 Å². The summed E-state index contributed by atoms with van der Waals surface area (Å²) in [4.78, 5) is 28.7. The van der Waals surface area contributed by atoms with Crippen LogP contribution in [0.3, 0.4) is 0 Å². The number of amides is 2. The molecule has 0 spiro atoms. The van der Waals surface area contributed by atoms with Gasteiger partial charge < -0.3 is 15.0 Å². The molecule has 0 aliphatic heterocycles. The lowest BCUT2D eigenvalue weighted by molar-refractivity contribution is -0.140. The summed E-state index contributed by atoms with van der Waals surface area (Å²) >= 11 is 0. The Balaban J connectivity index is 2.06. The van der Waals surface area contributed by atoms with Gasteiger partial charge in [-0.15, -0.1) is 0 Å². The number of methoxy groups -OCH3 is 1. The lowest BCUT2D eigenvalue weighted by Gasteiger charge is -2.33.